The zero-order valence-electron chi connectivity index (χ0n) is 11.3. The van der Waals surface area contributed by atoms with Gasteiger partial charge in [-0.3, -0.25) is 4.79 Å². The van der Waals surface area contributed by atoms with Gasteiger partial charge in [-0.2, -0.15) is 0 Å². The van der Waals surface area contributed by atoms with Crippen molar-refractivity contribution in [3.8, 4) is 5.75 Å². The lowest BCUT2D eigenvalue weighted by Crippen LogP contribution is -2.13. The van der Waals surface area contributed by atoms with Crippen molar-refractivity contribution >= 4 is 17.3 Å². The molecule has 0 amide bonds. The average Bonchev–Trinajstić information content (AvgIpc) is 2.46. The molecule has 0 bridgehead atoms. The molecule has 19 heavy (non-hydrogen) atoms. The third-order valence-electron chi connectivity index (χ3n) is 2.94. The molecule has 4 nitrogen and oxygen atoms in total. The highest BCUT2D eigenvalue weighted by Gasteiger charge is 2.11. The predicted molar refractivity (Wildman–Crippen MR) is 75.3 cm³/mol. The Morgan fingerprint density at radius 1 is 1.26 bits per heavy atom. The maximum Gasteiger partial charge on any atom is 0.159 e. The van der Waals surface area contributed by atoms with Gasteiger partial charge in [0.15, 0.2) is 5.78 Å². The first-order valence-corrected chi connectivity index (χ1v) is 5.97. The van der Waals surface area contributed by atoms with Crippen molar-refractivity contribution in [1.82, 2.24) is 4.98 Å². The van der Waals surface area contributed by atoms with Gasteiger partial charge in [-0.15, -0.1) is 0 Å². The number of carbonyl (C=O) groups is 1. The zero-order valence-corrected chi connectivity index (χ0v) is 11.3. The summed E-state index contributed by atoms with van der Waals surface area (Å²) < 4.78 is 5.33. The molecule has 0 saturated heterocycles. The molecule has 98 valence electrons. The first-order valence-electron chi connectivity index (χ1n) is 5.97. The number of para-hydroxylation sites is 2. The van der Waals surface area contributed by atoms with Crippen molar-refractivity contribution in [3.05, 3.63) is 48.2 Å². The highest BCUT2D eigenvalue weighted by Crippen LogP contribution is 2.31. The smallest absolute Gasteiger partial charge is 0.159 e. The summed E-state index contributed by atoms with van der Waals surface area (Å²) in [5.74, 6) is 1.49. The summed E-state index contributed by atoms with van der Waals surface area (Å²) >= 11 is 0. The molecule has 0 spiro atoms. The van der Waals surface area contributed by atoms with Crippen LogP contribution >= 0.6 is 0 Å². The van der Waals surface area contributed by atoms with Crippen molar-refractivity contribution in [2.75, 3.05) is 19.1 Å². The summed E-state index contributed by atoms with van der Waals surface area (Å²) in [6.07, 6.45) is 1.64. The van der Waals surface area contributed by atoms with E-state index in [0.717, 1.165) is 11.4 Å². The highest BCUT2D eigenvalue weighted by molar-refractivity contribution is 5.94. The van der Waals surface area contributed by atoms with Gasteiger partial charge in [0.05, 0.1) is 12.8 Å². The number of methoxy groups -OCH3 is 1. The quantitative estimate of drug-likeness (QED) is 0.788. The lowest BCUT2D eigenvalue weighted by molar-refractivity contribution is 0.101. The van der Waals surface area contributed by atoms with E-state index < -0.39 is 0 Å². The van der Waals surface area contributed by atoms with Gasteiger partial charge in [0.25, 0.3) is 0 Å². The molecular formula is C15H16N2O2. The molecule has 1 heterocycles. The third-order valence-corrected chi connectivity index (χ3v) is 2.94. The summed E-state index contributed by atoms with van der Waals surface area (Å²) in [4.78, 5) is 17.6. The normalized spacial score (nSPS) is 10.1. The van der Waals surface area contributed by atoms with Gasteiger partial charge in [-0.25, -0.2) is 4.98 Å². The topological polar surface area (TPSA) is 42.4 Å². The van der Waals surface area contributed by atoms with Gasteiger partial charge in [0.2, 0.25) is 0 Å². The molecule has 2 aromatic rings. The Kier molecular flexibility index (Phi) is 3.80. The predicted octanol–water partition coefficient (Wildman–Crippen LogP) is 3.06. The molecule has 0 aliphatic rings. The number of hydrogen-bond donors (Lipinski definition) is 0. The molecule has 0 saturated carbocycles. The van der Waals surface area contributed by atoms with Crippen molar-refractivity contribution < 1.29 is 9.53 Å². The maximum atomic E-state index is 11.4. The fourth-order valence-electron chi connectivity index (χ4n) is 1.85. The van der Waals surface area contributed by atoms with E-state index in [1.807, 2.05) is 36.2 Å². The van der Waals surface area contributed by atoms with Crippen LogP contribution in [0.4, 0.5) is 11.5 Å². The minimum absolute atomic E-state index is 0.0251. The number of benzene rings is 1. The van der Waals surface area contributed by atoms with E-state index in [0.29, 0.717) is 11.4 Å². The van der Waals surface area contributed by atoms with Crippen LogP contribution < -0.4 is 9.64 Å². The number of Topliss-reactive ketones (excluding diaryl/α,β-unsaturated/α-hetero) is 1. The van der Waals surface area contributed by atoms with Crippen molar-refractivity contribution in [2.24, 2.45) is 0 Å². The Morgan fingerprint density at radius 3 is 2.68 bits per heavy atom. The van der Waals surface area contributed by atoms with Crippen LogP contribution in [0.2, 0.25) is 0 Å². The monoisotopic (exact) mass is 256 g/mol. The third kappa shape index (κ3) is 2.73. The fourth-order valence-corrected chi connectivity index (χ4v) is 1.85. The van der Waals surface area contributed by atoms with Crippen LogP contribution in [0.5, 0.6) is 5.75 Å². The maximum absolute atomic E-state index is 11.4. The van der Waals surface area contributed by atoms with Gasteiger partial charge < -0.3 is 9.64 Å². The number of anilines is 2. The van der Waals surface area contributed by atoms with Gasteiger partial charge >= 0.3 is 0 Å². The Labute approximate surface area is 112 Å². The molecule has 0 fully saturated rings. The highest BCUT2D eigenvalue weighted by atomic mass is 16.5. The van der Waals surface area contributed by atoms with Gasteiger partial charge in [-0.1, -0.05) is 12.1 Å². The SMILES string of the molecule is COc1ccccc1N(C)c1cc(C(C)=O)ccn1. The number of rotatable bonds is 4. The largest absolute Gasteiger partial charge is 0.495 e. The second kappa shape index (κ2) is 5.52. The van der Waals surface area contributed by atoms with Crippen molar-refractivity contribution in [3.63, 3.8) is 0 Å². The van der Waals surface area contributed by atoms with E-state index >= 15 is 0 Å². The molecule has 4 heteroatoms. The second-order valence-electron chi connectivity index (χ2n) is 4.19. The Balaban J connectivity index is 2.41. The molecule has 1 aromatic heterocycles. The number of ether oxygens (including phenoxy) is 1. The number of aromatic nitrogens is 1. The van der Waals surface area contributed by atoms with E-state index in [-0.39, 0.29) is 5.78 Å². The zero-order chi connectivity index (χ0) is 13.8. The van der Waals surface area contributed by atoms with Crippen LogP contribution in [0.25, 0.3) is 0 Å². The number of ketones is 1. The van der Waals surface area contributed by atoms with Gasteiger partial charge in [0.1, 0.15) is 11.6 Å². The number of pyridine rings is 1. The summed E-state index contributed by atoms with van der Waals surface area (Å²) in [5, 5.41) is 0. The average molecular weight is 256 g/mol. The van der Waals surface area contributed by atoms with E-state index in [1.54, 1.807) is 32.4 Å². The molecule has 0 atom stereocenters. The molecule has 0 unspecified atom stereocenters. The standard InChI is InChI=1S/C15H16N2O2/c1-11(18)12-8-9-16-15(10-12)17(2)13-6-4-5-7-14(13)19-3/h4-10H,1-3H3. The molecule has 0 N–H and O–H groups in total. The Hall–Kier alpha value is -2.36. The van der Waals surface area contributed by atoms with Crippen LogP contribution in [0.1, 0.15) is 17.3 Å². The van der Waals surface area contributed by atoms with Crippen LogP contribution in [-0.2, 0) is 0 Å². The minimum Gasteiger partial charge on any atom is -0.495 e. The minimum atomic E-state index is 0.0251. The molecule has 1 aromatic carbocycles. The first-order chi connectivity index (χ1) is 9.13. The number of hydrogen-bond acceptors (Lipinski definition) is 4. The number of carbonyl (C=O) groups excluding carboxylic acids is 1. The molecule has 0 radical (unpaired) electrons. The lowest BCUT2D eigenvalue weighted by Gasteiger charge is -2.21. The van der Waals surface area contributed by atoms with Crippen molar-refractivity contribution in [2.45, 2.75) is 6.92 Å². The first kappa shape index (κ1) is 13.1. The number of nitrogens with zero attached hydrogens (tertiary/aromatic N) is 2. The summed E-state index contributed by atoms with van der Waals surface area (Å²) in [6, 6.07) is 11.2. The second-order valence-corrected chi connectivity index (χ2v) is 4.19. The van der Waals surface area contributed by atoms with E-state index in [2.05, 4.69) is 4.98 Å². The van der Waals surface area contributed by atoms with Crippen molar-refractivity contribution in [1.29, 1.82) is 0 Å². The molecule has 0 aliphatic heterocycles. The summed E-state index contributed by atoms with van der Waals surface area (Å²) in [6.45, 7) is 1.54. The molecule has 0 aliphatic carbocycles. The van der Waals surface area contributed by atoms with E-state index in [1.165, 1.54) is 0 Å². The van der Waals surface area contributed by atoms with Gasteiger partial charge in [0, 0.05) is 18.8 Å². The van der Waals surface area contributed by atoms with Crippen LogP contribution in [0.15, 0.2) is 42.6 Å². The van der Waals surface area contributed by atoms with E-state index in [9.17, 15) is 4.79 Å². The molecular weight excluding hydrogens is 240 g/mol. The van der Waals surface area contributed by atoms with Crippen LogP contribution in [-0.4, -0.2) is 24.9 Å². The Morgan fingerprint density at radius 2 is 2.00 bits per heavy atom. The Bertz CT molecular complexity index is 596. The fraction of sp³-hybridized carbons (Fsp3) is 0.200. The lowest BCUT2D eigenvalue weighted by atomic mass is 10.2. The summed E-state index contributed by atoms with van der Waals surface area (Å²) in [5.41, 5.74) is 1.55. The summed E-state index contributed by atoms with van der Waals surface area (Å²) in [7, 11) is 3.52. The van der Waals surface area contributed by atoms with Gasteiger partial charge in [-0.05, 0) is 31.2 Å². The molecule has 2 rings (SSSR count). The van der Waals surface area contributed by atoms with Crippen LogP contribution in [0.3, 0.4) is 0 Å². The van der Waals surface area contributed by atoms with E-state index in [4.69, 9.17) is 4.74 Å². The van der Waals surface area contributed by atoms with Crippen LogP contribution in [0, 0.1) is 0 Å².